The molecular formula is C12H17ClN4O2. The van der Waals surface area contributed by atoms with Crippen molar-refractivity contribution in [2.75, 3.05) is 25.1 Å². The number of nitrogens with zero attached hydrogens (tertiary/aromatic N) is 2. The molecule has 7 heteroatoms. The monoisotopic (exact) mass is 284 g/mol. The predicted octanol–water partition coefficient (Wildman–Crippen LogP) is 1.13. The number of carbonyl (C=O) groups excluding carboxylic acids is 1. The summed E-state index contributed by atoms with van der Waals surface area (Å²) in [5.41, 5.74) is 6.50. The Morgan fingerprint density at radius 3 is 3.21 bits per heavy atom. The topological polar surface area (TPSA) is 80.5 Å². The summed E-state index contributed by atoms with van der Waals surface area (Å²) in [4.78, 5) is 17.5. The molecule has 104 valence electrons. The van der Waals surface area contributed by atoms with Crippen LogP contribution in [0, 0.1) is 0 Å². The molecule has 1 aliphatic rings. The molecule has 0 bridgehead atoms. The molecule has 1 fully saturated rings. The number of methoxy groups -OCH3 is 1. The Morgan fingerprint density at radius 2 is 2.53 bits per heavy atom. The summed E-state index contributed by atoms with van der Waals surface area (Å²) in [6, 6.07) is 1.86. The third-order valence-electron chi connectivity index (χ3n) is 3.17. The zero-order valence-corrected chi connectivity index (χ0v) is 11.5. The van der Waals surface area contributed by atoms with Crippen LogP contribution in [-0.2, 0) is 11.3 Å². The first kappa shape index (κ1) is 13.9. The van der Waals surface area contributed by atoms with E-state index in [-0.39, 0.29) is 6.04 Å². The van der Waals surface area contributed by atoms with Gasteiger partial charge >= 0.3 is 6.09 Å². The van der Waals surface area contributed by atoms with Crippen molar-refractivity contribution in [3.05, 3.63) is 22.8 Å². The lowest BCUT2D eigenvalue weighted by Gasteiger charge is -2.20. The Labute approximate surface area is 116 Å². The van der Waals surface area contributed by atoms with E-state index in [0.717, 1.165) is 24.3 Å². The van der Waals surface area contributed by atoms with Crippen molar-refractivity contribution in [2.45, 2.75) is 19.0 Å². The molecule has 19 heavy (non-hydrogen) atoms. The summed E-state index contributed by atoms with van der Waals surface area (Å²) in [6.45, 7) is 1.83. The number of amides is 1. The highest BCUT2D eigenvalue weighted by Gasteiger charge is 2.26. The molecule has 3 N–H and O–H groups in total. The molecule has 0 aliphatic carbocycles. The first-order chi connectivity index (χ1) is 9.15. The number of hydrogen-bond acceptors (Lipinski definition) is 5. The molecule has 1 amide bonds. The molecule has 6 nitrogen and oxygen atoms in total. The summed E-state index contributed by atoms with van der Waals surface area (Å²) in [5, 5.41) is 3.36. The molecule has 1 unspecified atom stereocenters. The lowest BCUT2D eigenvalue weighted by atomic mass is 10.2. The van der Waals surface area contributed by atoms with E-state index in [1.54, 1.807) is 6.20 Å². The van der Waals surface area contributed by atoms with Crippen molar-refractivity contribution in [1.82, 2.24) is 10.3 Å². The number of nitrogens with two attached hydrogens (primary N) is 1. The minimum Gasteiger partial charge on any atom is -0.453 e. The van der Waals surface area contributed by atoms with Crippen LogP contribution in [0.25, 0.3) is 0 Å². The quantitative estimate of drug-likeness (QED) is 0.870. The second kappa shape index (κ2) is 6.08. The zero-order chi connectivity index (χ0) is 13.8. The molecule has 2 heterocycles. The second-order valence-corrected chi connectivity index (χ2v) is 4.76. The number of halogens is 1. The van der Waals surface area contributed by atoms with Crippen LogP contribution in [0.1, 0.15) is 12.0 Å². The Bertz CT molecular complexity index is 469. The van der Waals surface area contributed by atoms with Crippen LogP contribution in [0.15, 0.2) is 12.3 Å². The fraction of sp³-hybridized carbons (Fsp3) is 0.500. The van der Waals surface area contributed by atoms with Crippen LogP contribution in [0.2, 0.25) is 5.02 Å². The van der Waals surface area contributed by atoms with Crippen molar-refractivity contribution >= 4 is 23.5 Å². The van der Waals surface area contributed by atoms with Gasteiger partial charge in [0, 0.05) is 25.8 Å². The molecule has 0 saturated carbocycles. The fourth-order valence-electron chi connectivity index (χ4n) is 2.15. The van der Waals surface area contributed by atoms with Crippen LogP contribution in [0.5, 0.6) is 0 Å². The number of anilines is 1. The third-order valence-corrected chi connectivity index (χ3v) is 3.58. The maximum Gasteiger partial charge on any atom is 0.407 e. The predicted molar refractivity (Wildman–Crippen MR) is 73.3 cm³/mol. The van der Waals surface area contributed by atoms with Crippen LogP contribution < -0.4 is 16.0 Å². The summed E-state index contributed by atoms with van der Waals surface area (Å²) < 4.78 is 4.59. The van der Waals surface area contributed by atoms with Gasteiger partial charge in [-0.25, -0.2) is 9.78 Å². The maximum atomic E-state index is 11.2. The molecule has 1 aromatic heterocycles. The largest absolute Gasteiger partial charge is 0.453 e. The molecule has 1 saturated heterocycles. The summed E-state index contributed by atoms with van der Waals surface area (Å²) >= 11 is 6.27. The van der Waals surface area contributed by atoms with E-state index in [1.165, 1.54) is 7.11 Å². The normalized spacial score (nSPS) is 18.5. The number of aromatic nitrogens is 1. The smallest absolute Gasteiger partial charge is 0.407 e. The second-order valence-electron chi connectivity index (χ2n) is 4.38. The van der Waals surface area contributed by atoms with Gasteiger partial charge in [-0.05, 0) is 18.1 Å². The van der Waals surface area contributed by atoms with E-state index >= 15 is 0 Å². The lowest BCUT2D eigenvalue weighted by Crippen LogP contribution is -2.37. The van der Waals surface area contributed by atoms with Gasteiger partial charge in [-0.1, -0.05) is 11.6 Å². The average Bonchev–Trinajstić information content (AvgIpc) is 2.87. The lowest BCUT2D eigenvalue weighted by molar-refractivity contribution is 0.167. The highest BCUT2D eigenvalue weighted by Crippen LogP contribution is 2.29. The van der Waals surface area contributed by atoms with E-state index in [2.05, 4.69) is 15.0 Å². The SMILES string of the molecule is COC(=O)NC1CCN(c2nccc(CN)c2Cl)C1. The van der Waals surface area contributed by atoms with Gasteiger partial charge < -0.3 is 20.7 Å². The average molecular weight is 285 g/mol. The van der Waals surface area contributed by atoms with Crippen molar-refractivity contribution in [1.29, 1.82) is 0 Å². The Hall–Kier alpha value is -1.53. The Kier molecular flexibility index (Phi) is 4.44. The Balaban J connectivity index is 2.06. The van der Waals surface area contributed by atoms with Crippen molar-refractivity contribution in [3.63, 3.8) is 0 Å². The number of nitrogens with one attached hydrogen (secondary N) is 1. The van der Waals surface area contributed by atoms with E-state index < -0.39 is 6.09 Å². The van der Waals surface area contributed by atoms with Gasteiger partial charge in [0.1, 0.15) is 5.82 Å². The van der Waals surface area contributed by atoms with Crippen molar-refractivity contribution < 1.29 is 9.53 Å². The van der Waals surface area contributed by atoms with Crippen LogP contribution in [-0.4, -0.2) is 37.3 Å². The number of ether oxygens (including phenoxy) is 1. The first-order valence-corrected chi connectivity index (χ1v) is 6.46. The standard InChI is InChI=1S/C12H17ClN4O2/c1-19-12(18)16-9-3-5-17(7-9)11-10(13)8(6-14)2-4-15-11/h2,4,9H,3,5-7,14H2,1H3,(H,16,18). The Morgan fingerprint density at radius 1 is 1.74 bits per heavy atom. The molecule has 1 atom stereocenters. The van der Waals surface area contributed by atoms with E-state index in [0.29, 0.717) is 18.1 Å². The maximum absolute atomic E-state index is 11.2. The number of hydrogen-bond donors (Lipinski definition) is 2. The zero-order valence-electron chi connectivity index (χ0n) is 10.7. The minimum atomic E-state index is -0.415. The number of carbonyl (C=O) groups is 1. The van der Waals surface area contributed by atoms with Gasteiger partial charge in [0.15, 0.2) is 0 Å². The fourth-order valence-corrected chi connectivity index (χ4v) is 2.45. The van der Waals surface area contributed by atoms with Crippen LogP contribution >= 0.6 is 11.6 Å². The van der Waals surface area contributed by atoms with Gasteiger partial charge in [0.2, 0.25) is 0 Å². The first-order valence-electron chi connectivity index (χ1n) is 6.08. The number of rotatable bonds is 3. The molecule has 0 aromatic carbocycles. The number of pyridine rings is 1. The molecular weight excluding hydrogens is 268 g/mol. The molecule has 0 spiro atoms. The van der Waals surface area contributed by atoms with Crippen LogP contribution in [0.4, 0.5) is 10.6 Å². The third kappa shape index (κ3) is 3.08. The number of alkyl carbamates (subject to hydrolysis) is 1. The van der Waals surface area contributed by atoms with Crippen molar-refractivity contribution in [2.24, 2.45) is 5.73 Å². The van der Waals surface area contributed by atoms with Crippen LogP contribution in [0.3, 0.4) is 0 Å². The van der Waals surface area contributed by atoms with Gasteiger partial charge in [0.05, 0.1) is 18.2 Å². The summed E-state index contributed by atoms with van der Waals surface area (Å²) in [5.74, 6) is 0.721. The molecule has 2 rings (SSSR count). The van der Waals surface area contributed by atoms with E-state index in [9.17, 15) is 4.79 Å². The van der Waals surface area contributed by atoms with Gasteiger partial charge in [-0.2, -0.15) is 0 Å². The molecule has 1 aromatic rings. The molecule has 0 radical (unpaired) electrons. The molecule has 1 aliphatic heterocycles. The van der Waals surface area contributed by atoms with E-state index in [1.807, 2.05) is 11.0 Å². The van der Waals surface area contributed by atoms with E-state index in [4.69, 9.17) is 17.3 Å². The van der Waals surface area contributed by atoms with Gasteiger partial charge in [-0.15, -0.1) is 0 Å². The van der Waals surface area contributed by atoms with Gasteiger partial charge in [0.25, 0.3) is 0 Å². The van der Waals surface area contributed by atoms with Crippen molar-refractivity contribution in [3.8, 4) is 0 Å². The summed E-state index contributed by atoms with van der Waals surface area (Å²) in [6.07, 6.45) is 2.12. The highest BCUT2D eigenvalue weighted by molar-refractivity contribution is 6.33. The minimum absolute atomic E-state index is 0.0480. The highest BCUT2D eigenvalue weighted by atomic mass is 35.5. The van der Waals surface area contributed by atoms with Gasteiger partial charge in [-0.3, -0.25) is 0 Å². The summed E-state index contributed by atoms with van der Waals surface area (Å²) in [7, 11) is 1.35.